The van der Waals surface area contributed by atoms with E-state index in [0.29, 0.717) is 35.3 Å². The smallest absolute Gasteiger partial charge is 0.411 e. The summed E-state index contributed by atoms with van der Waals surface area (Å²) in [4.78, 5) is 29.7. The predicted molar refractivity (Wildman–Crippen MR) is 206 cm³/mol. The van der Waals surface area contributed by atoms with E-state index in [-0.39, 0.29) is 24.0 Å². The number of aliphatic hydroxyl groups excluding tert-OH is 1. The van der Waals surface area contributed by atoms with Crippen LogP contribution in [0.2, 0.25) is 0 Å². The predicted octanol–water partition coefficient (Wildman–Crippen LogP) is 7.73. The van der Waals surface area contributed by atoms with Crippen LogP contribution in [0.25, 0.3) is 22.0 Å². The molecule has 5 aromatic carbocycles. The lowest BCUT2D eigenvalue weighted by Gasteiger charge is -2.32. The maximum Gasteiger partial charge on any atom is 0.411 e. The van der Waals surface area contributed by atoms with Crippen molar-refractivity contribution in [1.29, 1.82) is 0 Å². The highest BCUT2D eigenvalue weighted by Gasteiger charge is 2.24. The molecule has 2 heterocycles. The Morgan fingerprint density at radius 1 is 0.811 bits per heavy atom. The van der Waals surface area contributed by atoms with E-state index in [1.54, 1.807) is 12.1 Å². The Bertz CT molecular complexity index is 2230. The Labute approximate surface area is 307 Å². The van der Waals surface area contributed by atoms with Gasteiger partial charge in [-0.3, -0.25) is 15.0 Å². The summed E-state index contributed by atoms with van der Waals surface area (Å²) >= 11 is 0. The fourth-order valence-electron chi connectivity index (χ4n) is 6.78. The van der Waals surface area contributed by atoms with Gasteiger partial charge in [0.2, 0.25) is 5.56 Å². The van der Waals surface area contributed by atoms with Gasteiger partial charge in [-0.2, -0.15) is 0 Å². The molecule has 1 atom stereocenters. The van der Waals surface area contributed by atoms with Crippen LogP contribution in [0, 0.1) is 0 Å². The van der Waals surface area contributed by atoms with E-state index in [1.807, 2.05) is 97.1 Å². The summed E-state index contributed by atoms with van der Waals surface area (Å²) in [6.45, 7) is 2.94. The summed E-state index contributed by atoms with van der Waals surface area (Å²) < 4.78 is 12.4. The molecule has 0 radical (unpaired) electrons. The Morgan fingerprint density at radius 3 is 2.28 bits per heavy atom. The van der Waals surface area contributed by atoms with Crippen LogP contribution in [-0.2, 0) is 17.8 Å². The molecule has 53 heavy (non-hydrogen) atoms. The largest absolute Gasteiger partial charge is 0.506 e. The van der Waals surface area contributed by atoms with Crippen LogP contribution in [0.1, 0.15) is 35.6 Å². The van der Waals surface area contributed by atoms with E-state index < -0.39 is 12.2 Å². The normalized spacial score (nSPS) is 14.1. The van der Waals surface area contributed by atoms with Gasteiger partial charge < -0.3 is 30.0 Å². The standard InChI is InChI=1S/C43H42N4O6/c48-37-20-18-34(35-19-21-41(50)46-42(35)37)38(49)27-44-26-30-12-4-8-16-39(30)53-40-17-9-5-13-31(40)28-47-24-22-32(23-25-47)52-43(51)45-36-15-7-6-14-33(36)29-10-2-1-3-11-29/h1-21,32,38,44,48-49H,22-28H2,(H,45,51)(H,46,50). The molecule has 5 N–H and O–H groups in total. The second-order valence-electron chi connectivity index (χ2n) is 13.2. The molecule has 1 aliphatic rings. The van der Waals surface area contributed by atoms with Crippen molar-refractivity contribution < 1.29 is 24.5 Å². The number of benzene rings is 5. The van der Waals surface area contributed by atoms with Crippen LogP contribution in [0.3, 0.4) is 0 Å². The summed E-state index contributed by atoms with van der Waals surface area (Å²) in [6.07, 6.45) is -0.0293. The molecule has 1 amide bonds. The number of fused-ring (bicyclic) bond motifs is 1. The van der Waals surface area contributed by atoms with Crippen LogP contribution >= 0.6 is 0 Å². The number of amides is 1. The molecule has 1 aromatic heterocycles. The van der Waals surface area contributed by atoms with E-state index in [1.165, 1.54) is 12.1 Å². The number of hydrogen-bond donors (Lipinski definition) is 5. The van der Waals surface area contributed by atoms with Crippen LogP contribution in [0.5, 0.6) is 17.2 Å². The zero-order valence-electron chi connectivity index (χ0n) is 29.2. The summed E-state index contributed by atoms with van der Waals surface area (Å²) in [5.74, 6) is 1.42. The maximum atomic E-state index is 12.9. The van der Waals surface area contributed by atoms with Crippen LogP contribution in [0.15, 0.2) is 132 Å². The van der Waals surface area contributed by atoms with Gasteiger partial charge in [0.15, 0.2) is 0 Å². The highest BCUT2D eigenvalue weighted by Crippen LogP contribution is 2.32. The number of hydrogen-bond acceptors (Lipinski definition) is 8. The van der Waals surface area contributed by atoms with Crippen molar-refractivity contribution in [2.45, 2.75) is 38.1 Å². The van der Waals surface area contributed by atoms with Crippen molar-refractivity contribution in [1.82, 2.24) is 15.2 Å². The third kappa shape index (κ3) is 8.75. The van der Waals surface area contributed by atoms with Gasteiger partial charge in [0.1, 0.15) is 23.4 Å². The van der Waals surface area contributed by atoms with E-state index in [4.69, 9.17) is 9.47 Å². The van der Waals surface area contributed by atoms with Gasteiger partial charge in [-0.25, -0.2) is 4.79 Å². The van der Waals surface area contributed by atoms with Crippen molar-refractivity contribution in [3.63, 3.8) is 0 Å². The Kier molecular flexibility index (Phi) is 11.1. The number of carbonyl (C=O) groups excluding carboxylic acids is 1. The average molecular weight is 711 g/mol. The number of piperidine rings is 1. The molecule has 1 aliphatic heterocycles. The number of H-pyrrole nitrogens is 1. The number of aromatic hydroxyl groups is 1. The van der Waals surface area contributed by atoms with E-state index in [9.17, 15) is 19.8 Å². The topological polar surface area (TPSA) is 136 Å². The van der Waals surface area contributed by atoms with Crippen molar-refractivity contribution in [3.05, 3.63) is 154 Å². The van der Waals surface area contributed by atoms with E-state index >= 15 is 0 Å². The third-order valence-corrected chi connectivity index (χ3v) is 9.53. The number of aromatic amines is 1. The van der Waals surface area contributed by atoms with Crippen LogP contribution < -0.4 is 20.9 Å². The van der Waals surface area contributed by atoms with Gasteiger partial charge in [-0.15, -0.1) is 0 Å². The molecule has 10 nitrogen and oxygen atoms in total. The fourth-order valence-corrected chi connectivity index (χ4v) is 6.78. The number of pyridine rings is 1. The molecule has 0 saturated carbocycles. The molecule has 0 bridgehead atoms. The van der Waals surface area contributed by atoms with Gasteiger partial charge in [0.05, 0.1) is 17.3 Å². The molecule has 6 aromatic rings. The number of aliphatic hydroxyl groups is 1. The highest BCUT2D eigenvalue weighted by atomic mass is 16.6. The van der Waals surface area contributed by atoms with Crippen molar-refractivity contribution >= 4 is 22.7 Å². The summed E-state index contributed by atoms with van der Waals surface area (Å²) in [7, 11) is 0. The first-order chi connectivity index (χ1) is 25.9. The summed E-state index contributed by atoms with van der Waals surface area (Å²) in [5.41, 5.74) is 5.24. The van der Waals surface area contributed by atoms with Crippen LogP contribution in [-0.4, -0.2) is 51.9 Å². The lowest BCUT2D eigenvalue weighted by molar-refractivity contribution is 0.0565. The second kappa shape index (κ2) is 16.6. The number of phenolic OH excluding ortho intramolecular Hbond substituents is 1. The summed E-state index contributed by atoms with van der Waals surface area (Å²) in [5, 5.41) is 28.1. The number of ether oxygens (including phenoxy) is 2. The zero-order valence-corrected chi connectivity index (χ0v) is 29.2. The number of phenols is 1. The minimum absolute atomic E-state index is 0.0481. The minimum atomic E-state index is -0.877. The van der Waals surface area contributed by atoms with Gasteiger partial charge in [-0.05, 0) is 54.3 Å². The van der Waals surface area contributed by atoms with Gasteiger partial charge >= 0.3 is 6.09 Å². The molecular weight excluding hydrogens is 668 g/mol. The van der Waals surface area contributed by atoms with E-state index in [0.717, 1.165) is 59.6 Å². The molecule has 0 spiro atoms. The fraction of sp³-hybridized carbons (Fsp3) is 0.209. The number of nitrogens with one attached hydrogen (secondary N) is 3. The average Bonchev–Trinajstić information content (AvgIpc) is 3.18. The molecule has 1 fully saturated rings. The molecule has 270 valence electrons. The molecule has 1 saturated heterocycles. The monoisotopic (exact) mass is 710 g/mol. The van der Waals surface area contributed by atoms with Crippen LogP contribution in [0.4, 0.5) is 10.5 Å². The summed E-state index contributed by atoms with van der Waals surface area (Å²) in [6, 6.07) is 39.6. The second-order valence-corrected chi connectivity index (χ2v) is 13.2. The van der Waals surface area contributed by atoms with Gasteiger partial charge in [0, 0.05) is 60.9 Å². The third-order valence-electron chi connectivity index (χ3n) is 9.53. The number of carbonyl (C=O) groups is 1. The molecule has 1 unspecified atom stereocenters. The number of nitrogens with zero attached hydrogens (tertiary/aromatic N) is 1. The first-order valence-electron chi connectivity index (χ1n) is 17.8. The van der Waals surface area contributed by atoms with Crippen molar-refractivity contribution in [2.75, 3.05) is 25.0 Å². The first kappa shape index (κ1) is 35.5. The van der Waals surface area contributed by atoms with E-state index in [2.05, 4.69) is 26.6 Å². The molecule has 10 heteroatoms. The quantitative estimate of drug-likeness (QED) is 0.0871. The lowest BCUT2D eigenvalue weighted by atomic mass is 10.0. The zero-order chi connectivity index (χ0) is 36.6. The lowest BCUT2D eigenvalue weighted by Crippen LogP contribution is -2.38. The number of anilines is 1. The van der Waals surface area contributed by atoms with Gasteiger partial charge in [-0.1, -0.05) is 91.0 Å². The Morgan fingerprint density at radius 2 is 1.49 bits per heavy atom. The minimum Gasteiger partial charge on any atom is -0.506 e. The number of para-hydroxylation sites is 3. The Balaban J connectivity index is 0.923. The van der Waals surface area contributed by atoms with Crippen molar-refractivity contribution in [2.24, 2.45) is 0 Å². The molecule has 0 aliphatic carbocycles. The maximum absolute atomic E-state index is 12.9. The highest BCUT2D eigenvalue weighted by molar-refractivity contribution is 5.91. The molecule has 7 rings (SSSR count). The Hall–Kier alpha value is -5.94. The number of aromatic nitrogens is 1. The number of rotatable bonds is 12. The SMILES string of the molecule is O=C(Nc1ccccc1-c1ccccc1)OC1CCN(Cc2ccccc2Oc2ccccc2CNCC(O)c2ccc(O)c3[nH]c(=O)ccc23)CC1. The van der Waals surface area contributed by atoms with Crippen molar-refractivity contribution in [3.8, 4) is 28.4 Å². The first-order valence-corrected chi connectivity index (χ1v) is 17.8. The molecular formula is C43H42N4O6. The number of likely N-dealkylation sites (tertiary alicyclic amines) is 1. The van der Waals surface area contributed by atoms with Gasteiger partial charge in [0.25, 0.3) is 0 Å².